The van der Waals surface area contributed by atoms with Gasteiger partial charge in [0.2, 0.25) is 0 Å². The zero-order chi connectivity index (χ0) is 21.8. The molecule has 2 amide bonds. The molecule has 0 radical (unpaired) electrons. The number of benzene rings is 2. The highest BCUT2D eigenvalue weighted by molar-refractivity contribution is 6.35. The maximum Gasteiger partial charge on any atom is 0.265 e. The molecule has 0 aromatic heterocycles. The van der Waals surface area contributed by atoms with E-state index in [0.717, 1.165) is 19.3 Å². The topological polar surface area (TPSA) is 58.6 Å². The van der Waals surface area contributed by atoms with Gasteiger partial charge in [-0.2, -0.15) is 0 Å². The van der Waals surface area contributed by atoms with Gasteiger partial charge in [0.1, 0.15) is 5.75 Å². The molecular weight excluding hydrogens is 423 g/mol. The van der Waals surface area contributed by atoms with E-state index in [2.05, 4.69) is 19.2 Å². The van der Waals surface area contributed by atoms with Gasteiger partial charge in [0, 0.05) is 28.4 Å². The van der Waals surface area contributed by atoms with E-state index in [-0.39, 0.29) is 23.9 Å². The van der Waals surface area contributed by atoms with Crippen molar-refractivity contribution in [3.63, 3.8) is 0 Å². The lowest BCUT2D eigenvalue weighted by atomic mass is 9.96. The number of halogens is 2. The Morgan fingerprint density at radius 2 is 1.70 bits per heavy atom. The molecule has 1 aliphatic heterocycles. The van der Waals surface area contributed by atoms with Crippen LogP contribution in [0.25, 0.3) is 0 Å². The second kappa shape index (κ2) is 9.71. The first-order valence-corrected chi connectivity index (χ1v) is 10.9. The van der Waals surface area contributed by atoms with Crippen molar-refractivity contribution < 1.29 is 14.3 Å². The normalized spacial score (nSPS) is 19.8. The predicted molar refractivity (Wildman–Crippen MR) is 121 cm³/mol. The lowest BCUT2D eigenvalue weighted by Gasteiger charge is -2.39. The monoisotopic (exact) mass is 448 g/mol. The summed E-state index contributed by atoms with van der Waals surface area (Å²) < 4.78 is 5.64. The Morgan fingerprint density at radius 3 is 2.30 bits per heavy atom. The summed E-state index contributed by atoms with van der Waals surface area (Å²) in [6, 6.07) is 12.2. The molecule has 1 saturated heterocycles. The Balaban J connectivity index is 1.62. The number of carbonyl (C=O) groups is 2. The average Bonchev–Trinajstić information content (AvgIpc) is 2.70. The number of anilines is 1. The third-order valence-corrected chi connectivity index (χ3v) is 5.92. The van der Waals surface area contributed by atoms with E-state index in [4.69, 9.17) is 27.9 Å². The molecule has 1 aliphatic rings. The highest BCUT2D eigenvalue weighted by atomic mass is 35.5. The summed E-state index contributed by atoms with van der Waals surface area (Å²) in [4.78, 5) is 27.3. The summed E-state index contributed by atoms with van der Waals surface area (Å²) in [6.07, 6.45) is 2.44. The number of hydrogen-bond acceptors (Lipinski definition) is 3. The van der Waals surface area contributed by atoms with Crippen molar-refractivity contribution in [3.8, 4) is 5.75 Å². The van der Waals surface area contributed by atoms with E-state index in [0.29, 0.717) is 27.0 Å². The summed E-state index contributed by atoms with van der Waals surface area (Å²) in [6.45, 7) is 5.82. The first-order chi connectivity index (χ1) is 14.3. The number of piperidine rings is 1. The smallest absolute Gasteiger partial charge is 0.265 e. The molecule has 160 valence electrons. The van der Waals surface area contributed by atoms with Crippen LogP contribution >= 0.6 is 23.2 Å². The third kappa shape index (κ3) is 5.27. The summed E-state index contributed by atoms with van der Waals surface area (Å²) in [5, 5.41) is 3.63. The molecule has 5 nitrogen and oxygen atoms in total. The van der Waals surface area contributed by atoms with Crippen LogP contribution in [0, 0.1) is 0 Å². The fraction of sp³-hybridized carbons (Fsp3) is 0.391. The average molecular weight is 449 g/mol. The van der Waals surface area contributed by atoms with Gasteiger partial charge in [0.05, 0.1) is 5.02 Å². The van der Waals surface area contributed by atoms with Gasteiger partial charge in [-0.05, 0) is 82.5 Å². The Labute approximate surface area is 187 Å². The van der Waals surface area contributed by atoms with Crippen LogP contribution in [-0.2, 0) is 4.79 Å². The number of nitrogens with one attached hydrogen (secondary N) is 1. The van der Waals surface area contributed by atoms with Gasteiger partial charge in [0.25, 0.3) is 11.8 Å². The van der Waals surface area contributed by atoms with Crippen LogP contribution in [0.15, 0.2) is 42.5 Å². The van der Waals surface area contributed by atoms with Crippen LogP contribution in [0.5, 0.6) is 5.75 Å². The summed E-state index contributed by atoms with van der Waals surface area (Å²) in [7, 11) is 0. The lowest BCUT2D eigenvalue weighted by Crippen LogP contribution is -2.47. The number of hydrogen-bond donors (Lipinski definition) is 1. The van der Waals surface area contributed by atoms with E-state index in [1.807, 2.05) is 4.90 Å². The van der Waals surface area contributed by atoms with Crippen molar-refractivity contribution in [2.24, 2.45) is 0 Å². The van der Waals surface area contributed by atoms with Gasteiger partial charge < -0.3 is 15.0 Å². The van der Waals surface area contributed by atoms with Gasteiger partial charge in [-0.1, -0.05) is 23.2 Å². The number of carbonyl (C=O) groups excluding carboxylic acids is 2. The predicted octanol–water partition coefficient (Wildman–Crippen LogP) is 5.80. The zero-order valence-corrected chi connectivity index (χ0v) is 18.8. The van der Waals surface area contributed by atoms with Gasteiger partial charge in [0.15, 0.2) is 6.10 Å². The zero-order valence-electron chi connectivity index (χ0n) is 17.3. The Morgan fingerprint density at radius 1 is 1.07 bits per heavy atom. The molecule has 1 N–H and O–H groups in total. The van der Waals surface area contributed by atoms with Crippen LogP contribution in [0.3, 0.4) is 0 Å². The first kappa shape index (κ1) is 22.4. The van der Waals surface area contributed by atoms with Gasteiger partial charge in [-0.15, -0.1) is 0 Å². The highest BCUT2D eigenvalue weighted by Crippen LogP contribution is 2.29. The second-order valence-corrected chi connectivity index (χ2v) is 8.59. The molecule has 7 heteroatoms. The van der Waals surface area contributed by atoms with Crippen LogP contribution in [0.4, 0.5) is 5.69 Å². The first-order valence-electron chi connectivity index (χ1n) is 10.1. The number of nitrogens with zero attached hydrogens (tertiary/aromatic N) is 1. The fourth-order valence-electron chi connectivity index (χ4n) is 3.73. The van der Waals surface area contributed by atoms with Crippen molar-refractivity contribution in [1.82, 2.24) is 4.90 Å². The number of rotatable bonds is 5. The van der Waals surface area contributed by atoms with Crippen LogP contribution in [0.1, 0.15) is 50.4 Å². The van der Waals surface area contributed by atoms with E-state index in [1.165, 1.54) is 0 Å². The number of ether oxygens (including phenoxy) is 1. The van der Waals surface area contributed by atoms with Crippen molar-refractivity contribution in [2.75, 3.05) is 5.32 Å². The Bertz CT molecular complexity index is 907. The minimum absolute atomic E-state index is 0.0293. The minimum atomic E-state index is -0.764. The molecule has 30 heavy (non-hydrogen) atoms. The molecule has 0 spiro atoms. The maximum atomic E-state index is 12.9. The highest BCUT2D eigenvalue weighted by Gasteiger charge is 2.29. The van der Waals surface area contributed by atoms with Crippen LogP contribution in [-0.4, -0.2) is 34.9 Å². The van der Waals surface area contributed by atoms with Gasteiger partial charge >= 0.3 is 0 Å². The molecule has 1 heterocycles. The molecule has 0 bridgehead atoms. The molecule has 3 atom stereocenters. The van der Waals surface area contributed by atoms with Gasteiger partial charge in [-0.3, -0.25) is 9.59 Å². The van der Waals surface area contributed by atoms with Crippen LogP contribution in [0.2, 0.25) is 10.0 Å². The minimum Gasteiger partial charge on any atom is -0.479 e. The summed E-state index contributed by atoms with van der Waals surface area (Å²) in [5.41, 5.74) is 1.21. The lowest BCUT2D eigenvalue weighted by molar-refractivity contribution is -0.122. The molecule has 3 rings (SSSR count). The largest absolute Gasteiger partial charge is 0.479 e. The quantitative estimate of drug-likeness (QED) is 0.628. The molecule has 0 aliphatic carbocycles. The van der Waals surface area contributed by atoms with Gasteiger partial charge in [-0.25, -0.2) is 0 Å². The SMILES string of the molecule is C[C@H](Oc1ccc(Cl)cc1Cl)C(=O)Nc1ccc(C(=O)N2[C@H](C)CCC[C@H]2C)cc1. The third-order valence-electron chi connectivity index (χ3n) is 5.39. The van der Waals surface area contributed by atoms with Crippen molar-refractivity contribution in [3.05, 3.63) is 58.1 Å². The summed E-state index contributed by atoms with van der Waals surface area (Å²) in [5.74, 6) is 0.0921. The molecule has 2 aromatic rings. The molecular formula is C23H26Cl2N2O3. The van der Waals surface area contributed by atoms with Crippen molar-refractivity contribution in [2.45, 2.75) is 58.2 Å². The standard InChI is InChI=1S/C23H26Cl2N2O3/c1-14-5-4-6-15(2)27(14)23(29)17-7-10-19(11-8-17)26-22(28)16(3)30-21-12-9-18(24)13-20(21)25/h7-16H,4-6H2,1-3H3,(H,26,28)/t14-,15-,16+/m1/s1. The number of likely N-dealkylation sites (tertiary alicyclic amines) is 1. The fourth-order valence-corrected chi connectivity index (χ4v) is 4.18. The van der Waals surface area contributed by atoms with E-state index >= 15 is 0 Å². The molecule has 0 unspecified atom stereocenters. The molecule has 2 aromatic carbocycles. The molecule has 0 saturated carbocycles. The maximum absolute atomic E-state index is 12.9. The van der Waals surface area contributed by atoms with Crippen molar-refractivity contribution in [1.29, 1.82) is 0 Å². The van der Waals surface area contributed by atoms with Crippen molar-refractivity contribution >= 4 is 40.7 Å². The van der Waals surface area contributed by atoms with Crippen LogP contribution < -0.4 is 10.1 Å². The van der Waals surface area contributed by atoms with E-state index < -0.39 is 6.10 Å². The van der Waals surface area contributed by atoms with E-state index in [1.54, 1.807) is 49.4 Å². The van der Waals surface area contributed by atoms with E-state index in [9.17, 15) is 9.59 Å². The number of amides is 2. The Kier molecular flexibility index (Phi) is 7.27. The Hall–Kier alpha value is -2.24. The summed E-state index contributed by atoms with van der Waals surface area (Å²) >= 11 is 12.0. The molecule has 1 fully saturated rings. The second-order valence-electron chi connectivity index (χ2n) is 7.74.